The van der Waals surface area contributed by atoms with Crippen LogP contribution in [0.25, 0.3) is 0 Å². The van der Waals surface area contributed by atoms with Gasteiger partial charge in [-0.3, -0.25) is 4.79 Å². The lowest BCUT2D eigenvalue weighted by molar-refractivity contribution is 0.0698. The van der Waals surface area contributed by atoms with Gasteiger partial charge in [-0.15, -0.1) is 0 Å². The van der Waals surface area contributed by atoms with Gasteiger partial charge in [-0.05, 0) is 30.3 Å². The van der Waals surface area contributed by atoms with Crippen LogP contribution in [0.15, 0.2) is 53.4 Å². The molecule has 0 unspecified atom stereocenters. The first-order valence-electron chi connectivity index (χ1n) is 7.69. The van der Waals surface area contributed by atoms with E-state index in [0.29, 0.717) is 0 Å². The van der Waals surface area contributed by atoms with Gasteiger partial charge in [-0.25, -0.2) is 12.8 Å². The Balaban J connectivity index is 1.70. The number of nitrogens with zero attached hydrogens (tertiary/aromatic N) is 2. The van der Waals surface area contributed by atoms with Crippen LogP contribution in [0.1, 0.15) is 10.4 Å². The third-order valence-electron chi connectivity index (χ3n) is 4.07. The molecule has 1 saturated heterocycles. The molecule has 0 atom stereocenters. The third-order valence-corrected chi connectivity index (χ3v) is 6.29. The molecule has 0 saturated carbocycles. The number of benzene rings is 2. The zero-order valence-electron chi connectivity index (χ0n) is 13.2. The van der Waals surface area contributed by atoms with Gasteiger partial charge in [0.15, 0.2) is 0 Å². The Labute approximate surface area is 150 Å². The number of halogens is 2. The highest BCUT2D eigenvalue weighted by Gasteiger charge is 2.30. The van der Waals surface area contributed by atoms with Crippen LogP contribution >= 0.6 is 11.6 Å². The second-order valence-electron chi connectivity index (χ2n) is 5.63. The van der Waals surface area contributed by atoms with E-state index in [0.717, 1.165) is 6.07 Å². The highest BCUT2D eigenvalue weighted by atomic mass is 35.5. The van der Waals surface area contributed by atoms with Crippen LogP contribution < -0.4 is 0 Å². The van der Waals surface area contributed by atoms with Gasteiger partial charge >= 0.3 is 0 Å². The maximum atomic E-state index is 13.1. The van der Waals surface area contributed by atoms with Crippen molar-refractivity contribution in [3.05, 3.63) is 64.9 Å². The first kappa shape index (κ1) is 17.8. The van der Waals surface area contributed by atoms with E-state index in [9.17, 15) is 17.6 Å². The number of piperazine rings is 1. The highest BCUT2D eigenvalue weighted by molar-refractivity contribution is 7.89. The molecule has 8 heteroatoms. The molecule has 2 aromatic carbocycles. The van der Waals surface area contributed by atoms with Crippen molar-refractivity contribution in [2.24, 2.45) is 0 Å². The minimum Gasteiger partial charge on any atom is -0.336 e. The molecule has 0 radical (unpaired) electrons. The SMILES string of the molecule is O=C(c1ccc(F)cc1Cl)N1CCN(S(=O)(=O)c2ccccc2)CC1. The quantitative estimate of drug-likeness (QED) is 0.820. The van der Waals surface area contributed by atoms with Crippen molar-refractivity contribution in [1.82, 2.24) is 9.21 Å². The van der Waals surface area contributed by atoms with Crippen LogP contribution in [0.5, 0.6) is 0 Å². The molecule has 0 aliphatic carbocycles. The zero-order valence-corrected chi connectivity index (χ0v) is 14.8. The van der Waals surface area contributed by atoms with Crippen LogP contribution in [-0.2, 0) is 10.0 Å². The van der Waals surface area contributed by atoms with E-state index >= 15 is 0 Å². The summed E-state index contributed by atoms with van der Waals surface area (Å²) < 4.78 is 39.6. The first-order chi connectivity index (χ1) is 11.9. The second kappa shape index (κ2) is 7.11. The Morgan fingerprint density at radius 2 is 1.64 bits per heavy atom. The molecule has 132 valence electrons. The minimum atomic E-state index is -3.57. The minimum absolute atomic E-state index is 0.0457. The molecule has 3 rings (SSSR count). The van der Waals surface area contributed by atoms with Crippen LogP contribution in [0.3, 0.4) is 0 Å². The Kier molecular flexibility index (Phi) is 5.08. The fourth-order valence-corrected chi connectivity index (χ4v) is 4.40. The van der Waals surface area contributed by atoms with Gasteiger partial charge in [0.25, 0.3) is 5.91 Å². The van der Waals surface area contributed by atoms with E-state index in [2.05, 4.69) is 0 Å². The van der Waals surface area contributed by atoms with Crippen molar-refractivity contribution >= 4 is 27.5 Å². The van der Waals surface area contributed by atoms with Gasteiger partial charge in [0, 0.05) is 26.2 Å². The number of hydrogen-bond donors (Lipinski definition) is 0. The molecule has 1 aliphatic rings. The first-order valence-corrected chi connectivity index (χ1v) is 9.51. The Morgan fingerprint density at radius 1 is 1.00 bits per heavy atom. The summed E-state index contributed by atoms with van der Waals surface area (Å²) in [6.45, 7) is 0.890. The third kappa shape index (κ3) is 3.68. The van der Waals surface area contributed by atoms with Gasteiger partial charge in [0.2, 0.25) is 10.0 Å². The summed E-state index contributed by atoms with van der Waals surface area (Å²) in [5, 5.41) is 0.0457. The van der Waals surface area contributed by atoms with Crippen molar-refractivity contribution in [2.75, 3.05) is 26.2 Å². The van der Waals surface area contributed by atoms with Gasteiger partial charge in [-0.2, -0.15) is 4.31 Å². The zero-order chi connectivity index (χ0) is 18.0. The molecule has 1 aliphatic heterocycles. The van der Waals surface area contributed by atoms with Crippen LogP contribution in [-0.4, -0.2) is 49.7 Å². The van der Waals surface area contributed by atoms with E-state index in [1.165, 1.54) is 21.3 Å². The van der Waals surface area contributed by atoms with Crippen molar-refractivity contribution < 1.29 is 17.6 Å². The Morgan fingerprint density at radius 3 is 2.24 bits per heavy atom. The monoisotopic (exact) mass is 382 g/mol. The molecule has 1 heterocycles. The lowest BCUT2D eigenvalue weighted by atomic mass is 10.2. The smallest absolute Gasteiger partial charge is 0.255 e. The summed E-state index contributed by atoms with van der Waals surface area (Å²) in [4.78, 5) is 14.3. The largest absolute Gasteiger partial charge is 0.336 e. The van der Waals surface area contributed by atoms with Gasteiger partial charge in [-0.1, -0.05) is 29.8 Å². The summed E-state index contributed by atoms with van der Waals surface area (Å²) in [6.07, 6.45) is 0. The summed E-state index contributed by atoms with van der Waals surface area (Å²) in [6, 6.07) is 11.8. The van der Waals surface area contributed by atoms with Crippen LogP contribution in [0.4, 0.5) is 4.39 Å². The van der Waals surface area contributed by atoms with E-state index in [-0.39, 0.29) is 47.6 Å². The summed E-state index contributed by atoms with van der Waals surface area (Å²) >= 11 is 5.93. The second-order valence-corrected chi connectivity index (χ2v) is 7.98. The number of amides is 1. The van der Waals surface area contributed by atoms with E-state index in [1.54, 1.807) is 30.3 Å². The lowest BCUT2D eigenvalue weighted by Crippen LogP contribution is -2.50. The van der Waals surface area contributed by atoms with Gasteiger partial charge in [0.05, 0.1) is 15.5 Å². The number of carbonyl (C=O) groups excluding carboxylic acids is 1. The van der Waals surface area contributed by atoms with Crippen molar-refractivity contribution in [2.45, 2.75) is 4.90 Å². The van der Waals surface area contributed by atoms with E-state index < -0.39 is 15.8 Å². The van der Waals surface area contributed by atoms with Gasteiger partial charge < -0.3 is 4.90 Å². The highest BCUT2D eigenvalue weighted by Crippen LogP contribution is 2.21. The maximum absolute atomic E-state index is 13.1. The topological polar surface area (TPSA) is 57.7 Å². The molecule has 0 spiro atoms. The molecule has 0 bridgehead atoms. The summed E-state index contributed by atoms with van der Waals surface area (Å²) in [7, 11) is -3.57. The molecule has 0 N–H and O–H groups in total. The number of hydrogen-bond acceptors (Lipinski definition) is 3. The molecule has 25 heavy (non-hydrogen) atoms. The predicted octanol–water partition coefficient (Wildman–Crippen LogP) is 2.63. The molecular formula is C17H16ClFN2O3S. The number of carbonyl (C=O) groups is 1. The molecule has 1 fully saturated rings. The standard InChI is InChI=1S/C17H16ClFN2O3S/c18-16-12-13(19)6-7-15(16)17(22)20-8-10-21(11-9-20)25(23,24)14-4-2-1-3-5-14/h1-7,12H,8-11H2. The van der Waals surface area contributed by atoms with E-state index in [1.807, 2.05) is 0 Å². The Hall–Kier alpha value is -1.96. The Bertz CT molecular complexity index is 882. The number of sulfonamides is 1. The van der Waals surface area contributed by atoms with E-state index in [4.69, 9.17) is 11.6 Å². The fraction of sp³-hybridized carbons (Fsp3) is 0.235. The normalized spacial score (nSPS) is 16.0. The van der Waals surface area contributed by atoms with Gasteiger partial charge in [0.1, 0.15) is 5.82 Å². The van der Waals surface area contributed by atoms with Crippen LogP contribution in [0, 0.1) is 5.82 Å². The summed E-state index contributed by atoms with van der Waals surface area (Å²) in [5.74, 6) is -0.845. The summed E-state index contributed by atoms with van der Waals surface area (Å²) in [5.41, 5.74) is 0.211. The molecule has 5 nitrogen and oxygen atoms in total. The molecular weight excluding hydrogens is 367 g/mol. The lowest BCUT2D eigenvalue weighted by Gasteiger charge is -2.34. The molecule has 1 amide bonds. The molecule has 2 aromatic rings. The van der Waals surface area contributed by atoms with Crippen molar-refractivity contribution in [3.8, 4) is 0 Å². The number of rotatable bonds is 3. The maximum Gasteiger partial charge on any atom is 0.255 e. The van der Waals surface area contributed by atoms with Crippen LogP contribution in [0.2, 0.25) is 5.02 Å². The fourth-order valence-electron chi connectivity index (χ4n) is 2.71. The average molecular weight is 383 g/mol. The molecule has 0 aromatic heterocycles. The average Bonchev–Trinajstić information content (AvgIpc) is 2.62. The predicted molar refractivity (Wildman–Crippen MR) is 92.5 cm³/mol. The van der Waals surface area contributed by atoms with Crippen molar-refractivity contribution in [3.63, 3.8) is 0 Å². The van der Waals surface area contributed by atoms with Crippen molar-refractivity contribution in [1.29, 1.82) is 0 Å².